The summed E-state index contributed by atoms with van der Waals surface area (Å²) in [6, 6.07) is 14.2. The first-order chi connectivity index (χ1) is 10.8. The molecule has 0 bridgehead atoms. The topological polar surface area (TPSA) is 43.9 Å². The molecule has 0 unspecified atom stereocenters. The molecule has 108 valence electrons. The van der Waals surface area contributed by atoms with Crippen molar-refractivity contribution >= 4 is 11.0 Å². The van der Waals surface area contributed by atoms with Crippen molar-refractivity contribution < 1.29 is 8.81 Å². The molecule has 4 rings (SSSR count). The number of rotatable bonds is 3. The maximum Gasteiger partial charge on any atom is 0.181 e. The van der Waals surface area contributed by atoms with Crippen LogP contribution in [0.3, 0.4) is 0 Å². The van der Waals surface area contributed by atoms with Gasteiger partial charge in [-0.15, -0.1) is 0 Å². The second-order valence-electron chi connectivity index (χ2n) is 4.95. The molecule has 1 aromatic carbocycles. The molecule has 3 aromatic heterocycles. The van der Waals surface area contributed by atoms with Crippen molar-refractivity contribution in [3.8, 4) is 11.5 Å². The van der Waals surface area contributed by atoms with Crippen LogP contribution < -0.4 is 0 Å². The number of pyridine rings is 1. The maximum atomic E-state index is 13.9. The number of fused-ring (bicyclic) bond motifs is 1. The molecule has 0 amide bonds. The quantitative estimate of drug-likeness (QED) is 0.576. The second-order valence-corrected chi connectivity index (χ2v) is 4.95. The normalized spacial score (nSPS) is 11.1. The molecule has 22 heavy (non-hydrogen) atoms. The van der Waals surface area contributed by atoms with E-state index in [0.29, 0.717) is 23.5 Å². The van der Waals surface area contributed by atoms with Crippen molar-refractivity contribution in [2.24, 2.45) is 0 Å². The van der Waals surface area contributed by atoms with E-state index in [4.69, 9.17) is 4.42 Å². The van der Waals surface area contributed by atoms with E-state index in [-0.39, 0.29) is 5.82 Å². The Morgan fingerprint density at radius 1 is 1.05 bits per heavy atom. The zero-order valence-electron chi connectivity index (χ0n) is 11.6. The van der Waals surface area contributed by atoms with Crippen LogP contribution in [0.1, 0.15) is 5.56 Å². The van der Waals surface area contributed by atoms with Crippen LogP contribution in [0.25, 0.3) is 22.5 Å². The number of aromatic nitrogens is 3. The summed E-state index contributed by atoms with van der Waals surface area (Å²) in [5.41, 5.74) is 1.99. The van der Waals surface area contributed by atoms with E-state index < -0.39 is 0 Å². The first-order valence-corrected chi connectivity index (χ1v) is 6.92. The summed E-state index contributed by atoms with van der Waals surface area (Å²) in [6.45, 7) is 0.319. The highest BCUT2D eigenvalue weighted by Crippen LogP contribution is 2.28. The number of furan rings is 1. The zero-order valence-corrected chi connectivity index (χ0v) is 11.6. The van der Waals surface area contributed by atoms with Crippen molar-refractivity contribution in [3.63, 3.8) is 0 Å². The van der Waals surface area contributed by atoms with Crippen molar-refractivity contribution in [1.82, 2.24) is 14.8 Å². The molecule has 3 heterocycles. The monoisotopic (exact) mass is 293 g/mol. The van der Waals surface area contributed by atoms with Crippen LogP contribution in [-0.2, 0) is 6.54 Å². The highest BCUT2D eigenvalue weighted by molar-refractivity contribution is 5.89. The molecule has 5 heteroatoms. The van der Waals surface area contributed by atoms with Gasteiger partial charge in [0.15, 0.2) is 11.4 Å². The molecule has 0 atom stereocenters. The highest BCUT2D eigenvalue weighted by Gasteiger charge is 2.17. The third-order valence-corrected chi connectivity index (χ3v) is 3.55. The predicted octanol–water partition coefficient (Wildman–Crippen LogP) is 3.88. The summed E-state index contributed by atoms with van der Waals surface area (Å²) in [5.74, 6) is 0.437. The van der Waals surface area contributed by atoms with E-state index in [2.05, 4.69) is 10.1 Å². The molecule has 4 nitrogen and oxygen atoms in total. The van der Waals surface area contributed by atoms with Gasteiger partial charge >= 0.3 is 0 Å². The van der Waals surface area contributed by atoms with Crippen LogP contribution in [0.5, 0.6) is 0 Å². The molecule has 0 fully saturated rings. The fourth-order valence-electron chi connectivity index (χ4n) is 2.54. The first-order valence-electron chi connectivity index (χ1n) is 6.92. The number of hydrogen-bond acceptors (Lipinski definition) is 3. The summed E-state index contributed by atoms with van der Waals surface area (Å²) in [4.78, 5) is 4.27. The average Bonchev–Trinajstić information content (AvgIpc) is 3.16. The van der Waals surface area contributed by atoms with Gasteiger partial charge in [0.25, 0.3) is 0 Å². The van der Waals surface area contributed by atoms with Gasteiger partial charge in [-0.3, -0.25) is 4.68 Å². The fourth-order valence-corrected chi connectivity index (χ4v) is 2.54. The molecular weight excluding hydrogens is 281 g/mol. The van der Waals surface area contributed by atoms with Gasteiger partial charge in [-0.05, 0) is 30.3 Å². The van der Waals surface area contributed by atoms with E-state index in [1.54, 1.807) is 29.3 Å². The number of nitrogens with zero attached hydrogens (tertiary/aromatic N) is 3. The molecule has 0 aliphatic heterocycles. The Labute approximate surface area is 125 Å². The van der Waals surface area contributed by atoms with Crippen LogP contribution in [-0.4, -0.2) is 14.8 Å². The second kappa shape index (κ2) is 5.11. The van der Waals surface area contributed by atoms with Crippen LogP contribution in [0.15, 0.2) is 65.4 Å². The molecule has 4 aromatic rings. The molecule has 0 spiro atoms. The first kappa shape index (κ1) is 12.8. The van der Waals surface area contributed by atoms with Crippen LogP contribution in [0, 0.1) is 5.82 Å². The smallest absolute Gasteiger partial charge is 0.181 e. The summed E-state index contributed by atoms with van der Waals surface area (Å²) in [7, 11) is 0. The lowest BCUT2D eigenvalue weighted by Crippen LogP contribution is -2.05. The van der Waals surface area contributed by atoms with Crippen molar-refractivity contribution in [2.75, 3.05) is 0 Å². The summed E-state index contributed by atoms with van der Waals surface area (Å²) in [6.07, 6.45) is 3.30. The Kier molecular flexibility index (Phi) is 2.96. The highest BCUT2D eigenvalue weighted by atomic mass is 19.1. The third kappa shape index (κ3) is 2.07. The Balaban J connectivity index is 1.90. The average molecular weight is 293 g/mol. The molecule has 0 saturated heterocycles. The summed E-state index contributed by atoms with van der Waals surface area (Å²) >= 11 is 0. The lowest BCUT2D eigenvalue weighted by molar-refractivity contribution is 0.561. The van der Waals surface area contributed by atoms with E-state index >= 15 is 0 Å². The van der Waals surface area contributed by atoms with Gasteiger partial charge in [0.1, 0.15) is 11.5 Å². The van der Waals surface area contributed by atoms with E-state index in [1.807, 2.05) is 30.3 Å². The fraction of sp³-hybridized carbons (Fsp3) is 0.0588. The maximum absolute atomic E-state index is 13.9. The lowest BCUT2D eigenvalue weighted by atomic mass is 10.2. The van der Waals surface area contributed by atoms with Gasteiger partial charge in [0.2, 0.25) is 0 Å². The minimum Gasteiger partial charge on any atom is -0.463 e. The van der Waals surface area contributed by atoms with Gasteiger partial charge < -0.3 is 4.42 Å². The number of hydrogen-bond donors (Lipinski definition) is 0. The summed E-state index contributed by atoms with van der Waals surface area (Å²) < 4.78 is 21.2. The molecule has 0 aliphatic carbocycles. The van der Waals surface area contributed by atoms with E-state index in [9.17, 15) is 4.39 Å². The van der Waals surface area contributed by atoms with Gasteiger partial charge in [0.05, 0.1) is 18.2 Å². The Hall–Kier alpha value is -2.95. The van der Waals surface area contributed by atoms with E-state index in [0.717, 1.165) is 11.1 Å². The SMILES string of the molecule is Fc1ccccc1Cn1nc2ncccc2c1-c1ccco1. The van der Waals surface area contributed by atoms with E-state index in [1.165, 1.54) is 6.07 Å². The zero-order chi connectivity index (χ0) is 14.9. The lowest BCUT2D eigenvalue weighted by Gasteiger charge is -2.07. The van der Waals surface area contributed by atoms with Crippen molar-refractivity contribution in [2.45, 2.75) is 6.54 Å². The molecule has 0 radical (unpaired) electrons. The minimum absolute atomic E-state index is 0.250. The largest absolute Gasteiger partial charge is 0.463 e. The van der Waals surface area contributed by atoms with Crippen molar-refractivity contribution in [3.05, 3.63) is 72.4 Å². The van der Waals surface area contributed by atoms with Gasteiger partial charge in [0, 0.05) is 11.8 Å². The molecular formula is C17H12FN3O. The van der Waals surface area contributed by atoms with Crippen LogP contribution in [0.4, 0.5) is 4.39 Å². The number of benzene rings is 1. The Bertz CT molecular complexity index is 928. The third-order valence-electron chi connectivity index (χ3n) is 3.55. The Morgan fingerprint density at radius 2 is 1.95 bits per heavy atom. The minimum atomic E-state index is -0.250. The van der Waals surface area contributed by atoms with Gasteiger partial charge in [-0.1, -0.05) is 18.2 Å². The standard InChI is InChI=1S/C17H12FN3O/c18-14-7-2-1-5-12(14)11-21-16(15-8-4-10-22-15)13-6-3-9-19-17(13)20-21/h1-10H,11H2. The van der Waals surface area contributed by atoms with Gasteiger partial charge in [-0.2, -0.15) is 5.10 Å². The molecule has 0 N–H and O–H groups in total. The summed E-state index contributed by atoms with van der Waals surface area (Å²) in [5, 5.41) is 5.37. The van der Waals surface area contributed by atoms with Gasteiger partial charge in [-0.25, -0.2) is 9.37 Å². The van der Waals surface area contributed by atoms with Crippen LogP contribution in [0.2, 0.25) is 0 Å². The molecule has 0 aliphatic rings. The number of halogens is 1. The van der Waals surface area contributed by atoms with Crippen molar-refractivity contribution in [1.29, 1.82) is 0 Å². The Morgan fingerprint density at radius 3 is 2.77 bits per heavy atom. The predicted molar refractivity (Wildman–Crippen MR) is 80.7 cm³/mol. The molecule has 0 saturated carbocycles. The van der Waals surface area contributed by atoms with Crippen LogP contribution >= 0.6 is 0 Å².